The zero-order chi connectivity index (χ0) is 14.9. The van der Waals surface area contributed by atoms with Crippen molar-refractivity contribution in [2.75, 3.05) is 18.6 Å². The summed E-state index contributed by atoms with van der Waals surface area (Å²) in [6.45, 7) is 0. The lowest BCUT2D eigenvalue weighted by molar-refractivity contribution is 0.371. The Hall–Kier alpha value is -2.77. The van der Waals surface area contributed by atoms with Gasteiger partial charge in [-0.3, -0.25) is 5.41 Å². The highest BCUT2D eigenvalue weighted by Crippen LogP contribution is 2.26. The molecule has 0 fully saturated rings. The van der Waals surface area contributed by atoms with Gasteiger partial charge in [0, 0.05) is 5.56 Å². The molecule has 0 aliphatic rings. The van der Waals surface area contributed by atoms with Crippen LogP contribution in [0.1, 0.15) is 11.1 Å². The van der Waals surface area contributed by atoms with Gasteiger partial charge in [-0.2, -0.15) is 4.39 Å². The second kappa shape index (κ2) is 5.08. The van der Waals surface area contributed by atoms with E-state index in [1.807, 2.05) is 0 Å². The standard InChI is InChI=1S/C12H11F2N5O/c1-20-6-3-2-5(8(13)9(6)14)10(15)7-11(16)18-4-19-12(7)17/h2-4,15H,1H3,(H4,16,17,18,19). The summed E-state index contributed by atoms with van der Waals surface area (Å²) in [6, 6.07) is 2.41. The lowest BCUT2D eigenvalue weighted by atomic mass is 10.0. The number of hydrogen-bond donors (Lipinski definition) is 3. The summed E-state index contributed by atoms with van der Waals surface area (Å²) < 4.78 is 32.2. The summed E-state index contributed by atoms with van der Waals surface area (Å²) >= 11 is 0. The molecule has 2 rings (SSSR count). The number of halogens is 2. The second-order valence-corrected chi connectivity index (χ2v) is 3.84. The number of nitrogens with zero attached hydrogens (tertiary/aromatic N) is 2. The van der Waals surface area contributed by atoms with Gasteiger partial charge in [0.1, 0.15) is 18.0 Å². The molecule has 1 aromatic carbocycles. The third-order valence-electron chi connectivity index (χ3n) is 2.69. The van der Waals surface area contributed by atoms with Crippen LogP contribution < -0.4 is 16.2 Å². The molecule has 0 spiro atoms. The fraction of sp³-hybridized carbons (Fsp3) is 0.0833. The van der Waals surface area contributed by atoms with Gasteiger partial charge >= 0.3 is 0 Å². The highest BCUT2D eigenvalue weighted by molar-refractivity contribution is 6.16. The van der Waals surface area contributed by atoms with Crippen molar-refractivity contribution in [2.24, 2.45) is 0 Å². The molecular formula is C12H11F2N5O. The van der Waals surface area contributed by atoms with E-state index in [-0.39, 0.29) is 28.5 Å². The van der Waals surface area contributed by atoms with Crippen molar-refractivity contribution < 1.29 is 13.5 Å². The van der Waals surface area contributed by atoms with Crippen LogP contribution in [0.2, 0.25) is 0 Å². The minimum Gasteiger partial charge on any atom is -0.494 e. The number of rotatable bonds is 3. The Balaban J connectivity index is 2.58. The van der Waals surface area contributed by atoms with E-state index in [1.54, 1.807) is 0 Å². The third kappa shape index (κ3) is 2.11. The first-order valence-electron chi connectivity index (χ1n) is 5.44. The monoisotopic (exact) mass is 279 g/mol. The van der Waals surface area contributed by atoms with Gasteiger partial charge in [-0.15, -0.1) is 0 Å². The Morgan fingerprint density at radius 3 is 2.30 bits per heavy atom. The molecule has 104 valence electrons. The molecule has 8 heteroatoms. The summed E-state index contributed by atoms with van der Waals surface area (Å²) in [7, 11) is 1.21. The van der Waals surface area contributed by atoms with Gasteiger partial charge in [-0.05, 0) is 12.1 Å². The maximum absolute atomic E-state index is 13.9. The number of hydrogen-bond acceptors (Lipinski definition) is 6. The molecule has 0 aliphatic heterocycles. The molecule has 6 nitrogen and oxygen atoms in total. The van der Waals surface area contributed by atoms with Crippen LogP contribution in [0.5, 0.6) is 5.75 Å². The van der Waals surface area contributed by atoms with Crippen LogP contribution in [0.3, 0.4) is 0 Å². The minimum absolute atomic E-state index is 0.0454. The van der Waals surface area contributed by atoms with Gasteiger partial charge in [0.2, 0.25) is 5.82 Å². The maximum Gasteiger partial charge on any atom is 0.201 e. The average Bonchev–Trinajstić information content (AvgIpc) is 2.41. The Labute approximate surface area is 112 Å². The topological polar surface area (TPSA) is 111 Å². The molecule has 0 bridgehead atoms. The van der Waals surface area contributed by atoms with Crippen LogP contribution in [0.4, 0.5) is 20.4 Å². The quantitative estimate of drug-likeness (QED) is 0.734. The molecule has 0 amide bonds. The van der Waals surface area contributed by atoms with Crippen LogP contribution in [0.15, 0.2) is 18.5 Å². The normalized spacial score (nSPS) is 10.3. The van der Waals surface area contributed by atoms with Gasteiger partial charge in [-0.25, -0.2) is 14.4 Å². The van der Waals surface area contributed by atoms with E-state index in [1.165, 1.54) is 19.2 Å². The molecule has 2 aromatic rings. The zero-order valence-corrected chi connectivity index (χ0v) is 10.4. The highest BCUT2D eigenvalue weighted by atomic mass is 19.2. The fourth-order valence-electron chi connectivity index (χ4n) is 1.69. The summed E-state index contributed by atoms with van der Waals surface area (Å²) in [4.78, 5) is 7.35. The molecule has 20 heavy (non-hydrogen) atoms. The Morgan fingerprint density at radius 1 is 1.15 bits per heavy atom. The van der Waals surface area contributed by atoms with Crippen molar-refractivity contribution in [3.63, 3.8) is 0 Å². The molecule has 0 atom stereocenters. The molecule has 0 radical (unpaired) electrons. The first kappa shape index (κ1) is 13.7. The van der Waals surface area contributed by atoms with Crippen LogP contribution in [0, 0.1) is 17.0 Å². The molecular weight excluding hydrogens is 268 g/mol. The Morgan fingerprint density at radius 2 is 1.75 bits per heavy atom. The number of benzene rings is 1. The van der Waals surface area contributed by atoms with E-state index < -0.39 is 17.3 Å². The summed E-state index contributed by atoms with van der Waals surface area (Å²) in [5.41, 5.74) is 10.4. The van der Waals surface area contributed by atoms with E-state index >= 15 is 0 Å². The van der Waals surface area contributed by atoms with Crippen LogP contribution in [-0.4, -0.2) is 22.8 Å². The molecule has 0 saturated carbocycles. The van der Waals surface area contributed by atoms with E-state index in [4.69, 9.17) is 16.9 Å². The molecule has 1 heterocycles. The highest BCUT2D eigenvalue weighted by Gasteiger charge is 2.21. The molecule has 0 unspecified atom stereocenters. The smallest absolute Gasteiger partial charge is 0.201 e. The predicted molar refractivity (Wildman–Crippen MR) is 69.7 cm³/mol. The molecule has 0 aliphatic carbocycles. The van der Waals surface area contributed by atoms with Gasteiger partial charge in [0.15, 0.2) is 11.6 Å². The summed E-state index contributed by atoms with van der Waals surface area (Å²) in [5, 5.41) is 7.93. The number of anilines is 2. The van der Waals surface area contributed by atoms with Crippen molar-refractivity contribution >= 4 is 17.3 Å². The van der Waals surface area contributed by atoms with Gasteiger partial charge in [-0.1, -0.05) is 0 Å². The first-order chi connectivity index (χ1) is 9.47. The van der Waals surface area contributed by atoms with E-state index in [2.05, 4.69) is 14.7 Å². The zero-order valence-electron chi connectivity index (χ0n) is 10.4. The SMILES string of the molecule is COc1ccc(C(=N)c2c(N)ncnc2N)c(F)c1F. The van der Waals surface area contributed by atoms with Crippen molar-refractivity contribution in [2.45, 2.75) is 0 Å². The van der Waals surface area contributed by atoms with Crippen molar-refractivity contribution in [1.29, 1.82) is 5.41 Å². The fourth-order valence-corrected chi connectivity index (χ4v) is 1.69. The van der Waals surface area contributed by atoms with Crippen LogP contribution in [0.25, 0.3) is 0 Å². The van der Waals surface area contributed by atoms with Gasteiger partial charge in [0.25, 0.3) is 0 Å². The largest absolute Gasteiger partial charge is 0.494 e. The molecule has 1 aromatic heterocycles. The van der Waals surface area contributed by atoms with Crippen molar-refractivity contribution in [3.05, 3.63) is 41.2 Å². The minimum atomic E-state index is -1.22. The number of methoxy groups -OCH3 is 1. The van der Waals surface area contributed by atoms with Crippen LogP contribution in [-0.2, 0) is 0 Å². The van der Waals surface area contributed by atoms with Crippen molar-refractivity contribution in [1.82, 2.24) is 9.97 Å². The lowest BCUT2D eigenvalue weighted by Gasteiger charge is -2.11. The number of nitrogen functional groups attached to an aromatic ring is 2. The summed E-state index contributed by atoms with van der Waals surface area (Å²) in [6.07, 6.45) is 1.12. The number of nitrogens with one attached hydrogen (secondary N) is 1. The number of aromatic nitrogens is 2. The third-order valence-corrected chi connectivity index (χ3v) is 2.69. The molecule has 5 N–H and O–H groups in total. The Bertz CT molecular complexity index is 670. The summed E-state index contributed by atoms with van der Waals surface area (Å²) in [5.74, 6) is -2.85. The van der Waals surface area contributed by atoms with Gasteiger partial charge in [0.05, 0.1) is 18.4 Å². The van der Waals surface area contributed by atoms with Crippen LogP contribution >= 0.6 is 0 Å². The lowest BCUT2D eigenvalue weighted by Crippen LogP contribution is -2.14. The first-order valence-corrected chi connectivity index (χ1v) is 5.44. The average molecular weight is 279 g/mol. The number of nitrogens with two attached hydrogens (primary N) is 2. The van der Waals surface area contributed by atoms with Gasteiger partial charge < -0.3 is 16.2 Å². The van der Waals surface area contributed by atoms with Crippen molar-refractivity contribution in [3.8, 4) is 5.75 Å². The molecule has 0 saturated heterocycles. The Kier molecular flexibility index (Phi) is 3.47. The van der Waals surface area contributed by atoms with E-state index in [0.717, 1.165) is 6.33 Å². The van der Waals surface area contributed by atoms with E-state index in [9.17, 15) is 8.78 Å². The second-order valence-electron chi connectivity index (χ2n) is 3.84. The predicted octanol–water partition coefficient (Wildman–Crippen LogP) is 1.34. The maximum atomic E-state index is 13.9. The number of ether oxygens (including phenoxy) is 1. The van der Waals surface area contributed by atoms with E-state index in [0.29, 0.717) is 0 Å².